The lowest BCUT2D eigenvalue weighted by atomic mass is 10.1. The van der Waals surface area contributed by atoms with Crippen molar-refractivity contribution >= 4 is 5.91 Å². The molecule has 1 aliphatic rings. The van der Waals surface area contributed by atoms with Crippen molar-refractivity contribution in [1.29, 1.82) is 0 Å². The SMILES string of the molecule is Cc1ccc(C)c(OCC(=O)N2CCNC[C@@H]2C)c1. The van der Waals surface area contributed by atoms with Crippen LogP contribution in [-0.4, -0.2) is 43.1 Å². The minimum absolute atomic E-state index is 0.0647. The van der Waals surface area contributed by atoms with Crippen molar-refractivity contribution in [2.24, 2.45) is 0 Å². The van der Waals surface area contributed by atoms with Crippen LogP contribution in [0.4, 0.5) is 0 Å². The van der Waals surface area contributed by atoms with E-state index in [4.69, 9.17) is 4.74 Å². The van der Waals surface area contributed by atoms with Crippen molar-refractivity contribution in [3.8, 4) is 5.75 Å². The molecule has 1 amide bonds. The summed E-state index contributed by atoms with van der Waals surface area (Å²) in [6.07, 6.45) is 0. The highest BCUT2D eigenvalue weighted by Gasteiger charge is 2.23. The van der Waals surface area contributed by atoms with Gasteiger partial charge in [0.15, 0.2) is 6.61 Å². The van der Waals surface area contributed by atoms with Gasteiger partial charge in [-0.2, -0.15) is 0 Å². The Labute approximate surface area is 114 Å². The molecule has 1 aliphatic heterocycles. The number of carbonyl (C=O) groups excluding carboxylic acids is 1. The largest absolute Gasteiger partial charge is 0.483 e. The van der Waals surface area contributed by atoms with Gasteiger partial charge in [0.05, 0.1) is 0 Å². The van der Waals surface area contributed by atoms with Crippen LogP contribution in [0.25, 0.3) is 0 Å². The summed E-state index contributed by atoms with van der Waals surface area (Å²) in [5.74, 6) is 0.867. The van der Waals surface area contributed by atoms with Crippen LogP contribution < -0.4 is 10.1 Å². The van der Waals surface area contributed by atoms with Crippen LogP contribution in [-0.2, 0) is 4.79 Å². The predicted octanol–water partition coefficient (Wildman–Crippen LogP) is 1.50. The van der Waals surface area contributed by atoms with Gasteiger partial charge in [-0.1, -0.05) is 12.1 Å². The first-order valence-electron chi connectivity index (χ1n) is 6.78. The van der Waals surface area contributed by atoms with Gasteiger partial charge in [0.1, 0.15) is 5.75 Å². The molecule has 1 atom stereocenters. The Morgan fingerprint density at radius 1 is 1.47 bits per heavy atom. The molecule has 1 aromatic carbocycles. The average molecular weight is 262 g/mol. The molecule has 19 heavy (non-hydrogen) atoms. The van der Waals surface area contributed by atoms with E-state index >= 15 is 0 Å². The molecule has 0 spiro atoms. The zero-order chi connectivity index (χ0) is 13.8. The summed E-state index contributed by atoms with van der Waals surface area (Å²) in [5.41, 5.74) is 2.20. The van der Waals surface area contributed by atoms with Crippen LogP contribution in [0.5, 0.6) is 5.75 Å². The maximum absolute atomic E-state index is 12.2. The molecule has 1 aromatic rings. The first kappa shape index (κ1) is 13.9. The molecule has 2 rings (SSSR count). The van der Waals surface area contributed by atoms with Gasteiger partial charge in [0.25, 0.3) is 5.91 Å². The van der Waals surface area contributed by atoms with E-state index in [1.807, 2.05) is 36.9 Å². The fraction of sp³-hybridized carbons (Fsp3) is 0.533. The highest BCUT2D eigenvalue weighted by Crippen LogP contribution is 2.19. The minimum atomic E-state index is 0.0647. The predicted molar refractivity (Wildman–Crippen MR) is 75.5 cm³/mol. The monoisotopic (exact) mass is 262 g/mol. The number of carbonyl (C=O) groups is 1. The maximum Gasteiger partial charge on any atom is 0.260 e. The summed E-state index contributed by atoms with van der Waals surface area (Å²) in [4.78, 5) is 14.0. The lowest BCUT2D eigenvalue weighted by Crippen LogP contribution is -2.53. The number of hydrogen-bond acceptors (Lipinski definition) is 3. The van der Waals surface area contributed by atoms with Crippen molar-refractivity contribution in [2.75, 3.05) is 26.2 Å². The second-order valence-corrected chi connectivity index (χ2v) is 5.20. The van der Waals surface area contributed by atoms with Gasteiger partial charge < -0.3 is 15.0 Å². The third kappa shape index (κ3) is 3.47. The smallest absolute Gasteiger partial charge is 0.260 e. The van der Waals surface area contributed by atoms with E-state index in [9.17, 15) is 4.79 Å². The molecule has 1 fully saturated rings. The fourth-order valence-corrected chi connectivity index (χ4v) is 2.30. The van der Waals surface area contributed by atoms with Gasteiger partial charge in [-0.15, -0.1) is 0 Å². The molecule has 1 heterocycles. The van der Waals surface area contributed by atoms with Gasteiger partial charge in [-0.3, -0.25) is 4.79 Å². The highest BCUT2D eigenvalue weighted by atomic mass is 16.5. The number of benzene rings is 1. The van der Waals surface area contributed by atoms with Crippen LogP contribution in [0.1, 0.15) is 18.1 Å². The van der Waals surface area contributed by atoms with Gasteiger partial charge in [-0.25, -0.2) is 0 Å². The quantitative estimate of drug-likeness (QED) is 0.897. The number of aryl methyl sites for hydroxylation is 2. The molecular formula is C15H22N2O2. The average Bonchev–Trinajstić information content (AvgIpc) is 2.40. The van der Waals surface area contributed by atoms with Crippen LogP contribution in [0.2, 0.25) is 0 Å². The number of rotatable bonds is 3. The molecule has 0 saturated carbocycles. The first-order valence-corrected chi connectivity index (χ1v) is 6.78. The lowest BCUT2D eigenvalue weighted by Gasteiger charge is -2.33. The van der Waals surface area contributed by atoms with Crippen molar-refractivity contribution in [3.05, 3.63) is 29.3 Å². The summed E-state index contributed by atoms with van der Waals surface area (Å²) in [5, 5.41) is 3.28. The van der Waals surface area contributed by atoms with Crippen LogP contribution in [0, 0.1) is 13.8 Å². The topological polar surface area (TPSA) is 41.6 Å². The number of nitrogens with zero attached hydrogens (tertiary/aromatic N) is 1. The van der Waals surface area contributed by atoms with Crippen molar-refractivity contribution in [2.45, 2.75) is 26.8 Å². The zero-order valence-electron chi connectivity index (χ0n) is 11.9. The third-order valence-corrected chi connectivity index (χ3v) is 3.52. The summed E-state index contributed by atoms with van der Waals surface area (Å²) in [6.45, 7) is 8.67. The number of amides is 1. The summed E-state index contributed by atoms with van der Waals surface area (Å²) in [7, 11) is 0. The van der Waals surface area contributed by atoms with Gasteiger partial charge in [0.2, 0.25) is 0 Å². The molecule has 0 unspecified atom stereocenters. The van der Waals surface area contributed by atoms with Crippen molar-refractivity contribution < 1.29 is 9.53 Å². The first-order chi connectivity index (χ1) is 9.08. The number of nitrogens with one attached hydrogen (secondary N) is 1. The Bertz CT molecular complexity index is 459. The zero-order valence-corrected chi connectivity index (χ0v) is 11.9. The Morgan fingerprint density at radius 3 is 3.00 bits per heavy atom. The van der Waals surface area contributed by atoms with Crippen LogP contribution >= 0.6 is 0 Å². The lowest BCUT2D eigenvalue weighted by molar-refractivity contribution is -0.136. The van der Waals surface area contributed by atoms with Crippen LogP contribution in [0.3, 0.4) is 0 Å². The standard InChI is InChI=1S/C15H22N2O2/c1-11-4-5-12(2)14(8-11)19-10-15(18)17-7-6-16-9-13(17)3/h4-5,8,13,16H,6-7,9-10H2,1-3H3/t13-/m0/s1. The molecular weight excluding hydrogens is 240 g/mol. The van der Waals surface area contributed by atoms with Gasteiger partial charge in [0, 0.05) is 25.7 Å². The van der Waals surface area contributed by atoms with E-state index in [0.717, 1.165) is 36.5 Å². The molecule has 1 N–H and O–H groups in total. The van der Waals surface area contributed by atoms with E-state index in [0.29, 0.717) is 0 Å². The Kier molecular flexibility index (Phi) is 4.43. The second kappa shape index (κ2) is 6.06. The van der Waals surface area contributed by atoms with E-state index in [1.165, 1.54) is 0 Å². The third-order valence-electron chi connectivity index (χ3n) is 3.52. The van der Waals surface area contributed by atoms with E-state index in [-0.39, 0.29) is 18.6 Å². The summed E-state index contributed by atoms with van der Waals surface area (Å²) >= 11 is 0. The molecule has 0 aromatic heterocycles. The molecule has 0 radical (unpaired) electrons. The molecule has 4 nitrogen and oxygen atoms in total. The minimum Gasteiger partial charge on any atom is -0.483 e. The fourth-order valence-electron chi connectivity index (χ4n) is 2.30. The van der Waals surface area contributed by atoms with E-state index in [1.54, 1.807) is 0 Å². The number of piperazine rings is 1. The van der Waals surface area contributed by atoms with Gasteiger partial charge >= 0.3 is 0 Å². The highest BCUT2D eigenvalue weighted by molar-refractivity contribution is 5.78. The Balaban J connectivity index is 1.94. The van der Waals surface area contributed by atoms with Crippen LogP contribution in [0.15, 0.2) is 18.2 Å². The molecule has 4 heteroatoms. The second-order valence-electron chi connectivity index (χ2n) is 5.20. The van der Waals surface area contributed by atoms with E-state index in [2.05, 4.69) is 12.2 Å². The molecule has 1 saturated heterocycles. The Morgan fingerprint density at radius 2 is 2.26 bits per heavy atom. The number of hydrogen-bond donors (Lipinski definition) is 1. The molecule has 0 bridgehead atoms. The summed E-state index contributed by atoms with van der Waals surface area (Å²) in [6, 6.07) is 6.28. The maximum atomic E-state index is 12.2. The van der Waals surface area contributed by atoms with E-state index < -0.39 is 0 Å². The van der Waals surface area contributed by atoms with Crippen molar-refractivity contribution in [3.63, 3.8) is 0 Å². The number of ether oxygens (including phenoxy) is 1. The normalized spacial score (nSPS) is 19.3. The Hall–Kier alpha value is -1.55. The van der Waals surface area contributed by atoms with Crippen molar-refractivity contribution in [1.82, 2.24) is 10.2 Å². The van der Waals surface area contributed by atoms with Gasteiger partial charge in [-0.05, 0) is 38.0 Å². The molecule has 104 valence electrons. The molecule has 0 aliphatic carbocycles. The summed E-state index contributed by atoms with van der Waals surface area (Å²) < 4.78 is 5.67.